The van der Waals surface area contributed by atoms with Crippen LogP contribution in [0.4, 0.5) is 46.5 Å². The van der Waals surface area contributed by atoms with Gasteiger partial charge >= 0.3 is 0 Å². The molecule has 0 unspecified atom stereocenters. The number of hydrazone groups is 1. The molecule has 23 N–H and O–H groups in total. The Morgan fingerprint density at radius 2 is 1.03 bits per heavy atom. The molecular weight excluding hydrogens is 1450 g/mol. The van der Waals surface area contributed by atoms with Crippen LogP contribution in [0.1, 0.15) is 78.3 Å². The minimum absolute atomic E-state index is 0.0319. The minimum Gasteiger partial charge on any atom is -0.461 e. The summed E-state index contributed by atoms with van der Waals surface area (Å²) in [5.74, 6) is 7.69. The molecule has 3 aromatic carbocycles. The Hall–Kier alpha value is -14.3. The fourth-order valence-corrected chi connectivity index (χ4v) is 13.5. The van der Waals surface area contributed by atoms with Gasteiger partial charge in [0.25, 0.3) is 0 Å². The number of nitrogens with one attached hydrogen (secondary N) is 5. The number of thiophene rings is 2. The number of hydrogen-bond acceptors (Lipinski definition) is 25. The highest BCUT2D eigenvalue weighted by molar-refractivity contribution is 7.19. The zero-order valence-electron chi connectivity index (χ0n) is 63.4. The van der Waals surface area contributed by atoms with Gasteiger partial charge in [-0.2, -0.15) is 10.2 Å². The molecule has 0 atom stereocenters. The van der Waals surface area contributed by atoms with Crippen molar-refractivity contribution in [3.05, 3.63) is 255 Å². The van der Waals surface area contributed by atoms with Crippen LogP contribution in [0.2, 0.25) is 0 Å². The second-order valence-electron chi connectivity index (χ2n) is 26.2. The van der Waals surface area contributed by atoms with Gasteiger partial charge in [-0.25, -0.2) is 45.3 Å². The van der Waals surface area contributed by atoms with Gasteiger partial charge in [0, 0.05) is 102 Å². The molecule has 0 fully saturated rings. The average molecular weight is 1530 g/mol. The molecule has 18 aromatic rings. The number of fused-ring (bicyclic) bond motifs is 9. The van der Waals surface area contributed by atoms with E-state index in [0.29, 0.717) is 64.4 Å². The maximum Gasteiger partial charge on any atom is 0.246 e. The molecule has 0 aliphatic carbocycles. The maximum absolute atomic E-state index is 10.9. The molecule has 2 aliphatic rings. The number of aliphatic imine (C=N–C) groups is 1. The predicted octanol–water partition coefficient (Wildman–Crippen LogP) is 15.5. The number of carbonyl (C=O) groups is 1. The predicted molar refractivity (Wildman–Crippen MR) is 459 cm³/mol. The van der Waals surface area contributed by atoms with E-state index in [2.05, 4.69) is 132 Å². The quantitative estimate of drug-likeness (QED) is 0.0726. The number of amidine groups is 1. The summed E-state index contributed by atoms with van der Waals surface area (Å²) in [6.45, 7) is 20.7. The lowest BCUT2D eigenvalue weighted by atomic mass is 10.1. The first-order valence-electron chi connectivity index (χ1n) is 35.1. The van der Waals surface area contributed by atoms with Crippen LogP contribution in [0.5, 0.6) is 0 Å². The standard InChI is InChI=1S/C10H10N2O.C9H10N2.3C8H9N3.2C8H8N2O.2C8H8N2S.C7H8N4/c1-7-2-4-8(5-3-7)9-6-10(13)12-11-9;1-6-2-3-7-5-11-9(10)8(7)4-6;1-5-4-6-7(11-5)2-3-10-8(6)9;1-5-4-6-2-3-10-8(9)7(6)11-5;1-5-2-3-7-6(4-5)8(9)11-10-7;1-5-4-6-7(11-5)2-3-10-8(6)9;1-5-4-6-2-3-10-8(9)7(6)11-5;1-5-4-6-7(11-5)2-3-10-8(6)9;1-5-4-6-2-3-10-8(9)7(6)11-5;1-4-10-5-2-3-9-7(8)6(5)11-4/h2-5H,6H2,1H3,(H,12,13);2-4H,5H2,1H3,(H2,10,11);2*2-4,11H,1H3,(H2,9,10);2-4H,1H3,(H3,9,10,11);4*2-4H,1H3,(H2,9,10);2-3H,1H3,(H2,8,9)(H,10,11). The molecule has 2 aliphatic heterocycles. The fraction of sp³-hybridized carbons (Fsp3) is 0.146. The van der Waals surface area contributed by atoms with Crippen LogP contribution in [-0.4, -0.2) is 82.5 Å². The van der Waals surface area contributed by atoms with Gasteiger partial charge in [-0.05, 0) is 183 Å². The van der Waals surface area contributed by atoms with Crippen LogP contribution in [0.15, 0.2) is 202 Å². The number of nitrogens with zero attached hydrogens (tertiary/aromatic N) is 11. The van der Waals surface area contributed by atoms with Gasteiger partial charge < -0.3 is 75.4 Å². The molecule has 1 amide bonds. The zero-order chi connectivity index (χ0) is 79.9. The van der Waals surface area contributed by atoms with E-state index >= 15 is 0 Å². The lowest BCUT2D eigenvalue weighted by molar-refractivity contribution is -0.119. The Labute approximate surface area is 651 Å². The van der Waals surface area contributed by atoms with E-state index in [-0.39, 0.29) is 5.91 Å². The van der Waals surface area contributed by atoms with Crippen LogP contribution in [0.25, 0.3) is 85.9 Å². The third-order valence-electron chi connectivity index (χ3n) is 17.1. The Balaban J connectivity index is 0.000000123. The maximum atomic E-state index is 10.9. The molecule has 0 bridgehead atoms. The van der Waals surface area contributed by atoms with Gasteiger partial charge in [0.2, 0.25) is 5.91 Å². The van der Waals surface area contributed by atoms with Gasteiger partial charge in [0.15, 0.2) is 23.0 Å². The van der Waals surface area contributed by atoms with Crippen molar-refractivity contribution < 1.29 is 13.6 Å². The number of aromatic amines is 4. The fourth-order valence-electron chi connectivity index (χ4n) is 11.7. The summed E-state index contributed by atoms with van der Waals surface area (Å²) in [4.78, 5) is 58.8. The molecule has 0 saturated heterocycles. The number of furan rings is 2. The third kappa shape index (κ3) is 20.1. The Bertz CT molecular complexity index is 5610. The Morgan fingerprint density at radius 1 is 0.438 bits per heavy atom. The number of benzene rings is 3. The van der Waals surface area contributed by atoms with Gasteiger partial charge in [0.05, 0.1) is 50.8 Å². The molecule has 570 valence electrons. The molecule has 112 heavy (non-hydrogen) atoms. The summed E-state index contributed by atoms with van der Waals surface area (Å²) >= 11 is 3.44. The minimum atomic E-state index is -0.0319. The number of carbonyl (C=O) groups excluding carboxylic acids is 1. The number of pyridine rings is 7. The van der Waals surface area contributed by atoms with Crippen molar-refractivity contribution in [1.29, 1.82) is 0 Å². The van der Waals surface area contributed by atoms with Crippen molar-refractivity contribution in [1.82, 2.24) is 70.4 Å². The lowest BCUT2D eigenvalue weighted by Crippen LogP contribution is -2.10. The van der Waals surface area contributed by atoms with Crippen molar-refractivity contribution in [2.24, 2.45) is 15.8 Å². The van der Waals surface area contributed by atoms with E-state index < -0.39 is 0 Å². The number of rotatable bonds is 1. The SMILES string of the molecule is Cc1cc2c(N)nccc2[nH]1.Cc1cc2c(N)nccc2o1.Cc1cc2c(N)nccc2s1.Cc1cc2ccnc(N)c2[nH]1.Cc1cc2ccnc(N)c2o1.Cc1cc2ccnc(N)c2s1.Cc1ccc(C2=NNC(=O)C2)cc1.Cc1ccc2[nH]nc(N)c2c1.Cc1ccc2c(c1)C(N)=NC2.Cc1nc2c(N)nccc2[nH]1. The lowest BCUT2D eigenvalue weighted by Gasteiger charge is -1.99. The summed E-state index contributed by atoms with van der Waals surface area (Å²) < 4.78 is 13.0. The molecule has 30 heteroatoms. The summed E-state index contributed by atoms with van der Waals surface area (Å²) in [6, 6.07) is 45.7. The summed E-state index contributed by atoms with van der Waals surface area (Å²) in [7, 11) is 0. The van der Waals surface area contributed by atoms with Crippen LogP contribution < -0.4 is 57.0 Å². The summed E-state index contributed by atoms with van der Waals surface area (Å²) in [5, 5.41) is 18.0. The number of H-pyrrole nitrogens is 4. The van der Waals surface area contributed by atoms with E-state index in [1.54, 1.807) is 72.1 Å². The Kier molecular flexibility index (Phi) is 25.1. The van der Waals surface area contributed by atoms with Crippen molar-refractivity contribution in [2.45, 2.75) is 82.2 Å². The van der Waals surface area contributed by atoms with Gasteiger partial charge in [0.1, 0.15) is 63.4 Å². The summed E-state index contributed by atoms with van der Waals surface area (Å²) in [5.41, 5.74) is 69.3. The number of amides is 1. The van der Waals surface area contributed by atoms with E-state index in [0.717, 1.165) is 122 Å². The largest absolute Gasteiger partial charge is 0.461 e. The van der Waals surface area contributed by atoms with Crippen LogP contribution in [0, 0.1) is 69.2 Å². The molecule has 28 nitrogen and oxygen atoms in total. The second kappa shape index (κ2) is 35.6. The molecular formula is C82H87N25O3S2. The van der Waals surface area contributed by atoms with Crippen molar-refractivity contribution in [3.63, 3.8) is 0 Å². The van der Waals surface area contributed by atoms with Crippen molar-refractivity contribution >= 4 is 173 Å². The van der Waals surface area contributed by atoms with E-state index in [4.69, 9.17) is 60.4 Å². The van der Waals surface area contributed by atoms with Gasteiger partial charge in [-0.1, -0.05) is 59.2 Å². The van der Waals surface area contributed by atoms with E-state index in [9.17, 15) is 4.79 Å². The number of aromatic nitrogens is 13. The Morgan fingerprint density at radius 3 is 1.71 bits per heavy atom. The zero-order valence-corrected chi connectivity index (χ0v) is 65.0. The first kappa shape index (κ1) is 78.8. The number of nitrogen functional groups attached to an aromatic ring is 8. The normalized spacial score (nSPS) is 11.6. The first-order valence-corrected chi connectivity index (χ1v) is 36.7. The molecule has 0 radical (unpaired) electrons. The number of imidazole rings is 1. The summed E-state index contributed by atoms with van der Waals surface area (Å²) in [6.07, 6.45) is 12.3. The van der Waals surface area contributed by atoms with Crippen LogP contribution >= 0.6 is 22.7 Å². The first-order chi connectivity index (χ1) is 53.7. The average Bonchev–Trinajstić information content (AvgIpc) is 1.69. The number of anilines is 8. The number of aryl methyl sites for hydroxylation is 10. The molecule has 0 spiro atoms. The van der Waals surface area contributed by atoms with Crippen molar-refractivity contribution in [3.8, 4) is 0 Å². The van der Waals surface area contributed by atoms with Gasteiger partial charge in [-0.3, -0.25) is 14.9 Å². The second-order valence-corrected chi connectivity index (χ2v) is 28.7. The monoisotopic (exact) mass is 1530 g/mol. The highest BCUT2D eigenvalue weighted by atomic mass is 32.1. The topological polar surface area (TPSA) is 493 Å². The smallest absolute Gasteiger partial charge is 0.246 e. The van der Waals surface area contributed by atoms with Crippen LogP contribution in [0.3, 0.4) is 0 Å². The number of hydrogen-bond donors (Lipinski definition) is 14. The van der Waals surface area contributed by atoms with E-state index in [1.807, 2.05) is 152 Å². The highest BCUT2D eigenvalue weighted by Gasteiger charge is 2.16. The van der Waals surface area contributed by atoms with E-state index in [1.165, 1.54) is 42.1 Å². The third-order valence-corrected chi connectivity index (χ3v) is 19.2. The molecule has 15 aromatic heterocycles. The molecule has 0 saturated carbocycles. The molecule has 20 rings (SSSR count). The van der Waals surface area contributed by atoms with Gasteiger partial charge in [-0.15, -0.1) is 22.7 Å². The number of nitrogens with two attached hydrogens (primary N) is 9. The molecule has 17 heterocycles. The van der Waals surface area contributed by atoms with Crippen molar-refractivity contribution in [2.75, 3.05) is 45.9 Å². The van der Waals surface area contributed by atoms with Crippen LogP contribution in [-0.2, 0) is 11.3 Å². The highest BCUT2D eigenvalue weighted by Crippen LogP contribution is 2.30.